The molecular weight excluding hydrogens is 262 g/mol. The maximum absolute atomic E-state index is 9.80. The average Bonchev–Trinajstić information content (AvgIpc) is 2.87. The van der Waals surface area contributed by atoms with Gasteiger partial charge in [-0.25, -0.2) is 0 Å². The number of nitrogens with zero attached hydrogens (tertiary/aromatic N) is 1. The number of rotatable bonds is 3. The average molecular weight is 279 g/mol. The molecule has 0 heterocycles. The van der Waals surface area contributed by atoms with Crippen molar-refractivity contribution in [2.45, 2.75) is 32.5 Å². The zero-order valence-corrected chi connectivity index (χ0v) is 12.0. The summed E-state index contributed by atoms with van der Waals surface area (Å²) in [5.74, 6) is 0.826. The van der Waals surface area contributed by atoms with Gasteiger partial charge in [-0.2, -0.15) is 5.26 Å². The molecule has 0 spiro atoms. The second-order valence-electron chi connectivity index (χ2n) is 5.46. The first-order chi connectivity index (χ1) is 10.2. The van der Waals surface area contributed by atoms with Crippen molar-refractivity contribution in [3.63, 3.8) is 0 Å². The summed E-state index contributed by atoms with van der Waals surface area (Å²) >= 11 is 0. The number of hydrogen-bond donors (Lipinski definition) is 1. The summed E-state index contributed by atoms with van der Waals surface area (Å²) in [7, 11) is 0. The van der Waals surface area contributed by atoms with Gasteiger partial charge in [-0.05, 0) is 66.3 Å². The van der Waals surface area contributed by atoms with Crippen LogP contribution in [0.2, 0.25) is 0 Å². The van der Waals surface area contributed by atoms with E-state index in [1.807, 2.05) is 43.3 Å². The number of fused-ring (bicyclic) bond motifs is 1. The topological polar surface area (TPSA) is 53.2 Å². The van der Waals surface area contributed by atoms with Gasteiger partial charge in [0.15, 0.2) is 0 Å². The molecule has 0 aromatic heterocycles. The number of hydrogen-bond acceptors (Lipinski definition) is 3. The van der Waals surface area contributed by atoms with Gasteiger partial charge < -0.3 is 9.84 Å². The minimum atomic E-state index is -0.324. The van der Waals surface area contributed by atoms with Gasteiger partial charge >= 0.3 is 0 Å². The Morgan fingerprint density at radius 2 is 2.14 bits per heavy atom. The predicted octanol–water partition coefficient (Wildman–Crippen LogP) is 3.43. The van der Waals surface area contributed by atoms with Gasteiger partial charge in [0.2, 0.25) is 0 Å². The zero-order chi connectivity index (χ0) is 14.8. The van der Waals surface area contributed by atoms with E-state index in [4.69, 9.17) is 10.00 Å². The van der Waals surface area contributed by atoms with Crippen LogP contribution >= 0.6 is 0 Å². The molecule has 3 heteroatoms. The highest BCUT2D eigenvalue weighted by atomic mass is 16.5. The highest BCUT2D eigenvalue weighted by Crippen LogP contribution is 2.33. The van der Waals surface area contributed by atoms with Gasteiger partial charge in [-0.3, -0.25) is 0 Å². The lowest BCUT2D eigenvalue weighted by Gasteiger charge is -2.11. The summed E-state index contributed by atoms with van der Waals surface area (Å²) in [6.45, 7) is 2.47. The Kier molecular flexibility index (Phi) is 3.64. The minimum absolute atomic E-state index is 0.324. The van der Waals surface area contributed by atoms with E-state index in [9.17, 15) is 5.11 Å². The molecule has 1 aliphatic rings. The van der Waals surface area contributed by atoms with Gasteiger partial charge in [-0.1, -0.05) is 12.1 Å². The molecule has 1 aliphatic carbocycles. The number of aryl methyl sites for hydroxylation is 2. The molecule has 3 nitrogen and oxygen atoms in total. The van der Waals surface area contributed by atoms with E-state index in [1.165, 1.54) is 5.56 Å². The standard InChI is InChI=1S/C18H17NO2/c1-12-8-13(10-19)2-3-15(12)11-21-16-5-6-17-14(9-16)4-7-18(17)20/h2-3,5-6,8-9,18,20H,4,7,11H2,1H3/t18-/m1/s1. The molecule has 106 valence electrons. The Morgan fingerprint density at radius 1 is 1.29 bits per heavy atom. The third-order valence-electron chi connectivity index (χ3n) is 4.03. The summed E-state index contributed by atoms with van der Waals surface area (Å²) in [5, 5.41) is 18.7. The van der Waals surface area contributed by atoms with Gasteiger partial charge in [0.05, 0.1) is 17.7 Å². The van der Waals surface area contributed by atoms with Crippen LogP contribution in [0.5, 0.6) is 5.75 Å². The molecule has 0 fully saturated rings. The van der Waals surface area contributed by atoms with E-state index in [0.717, 1.165) is 35.3 Å². The molecule has 0 saturated heterocycles. The molecule has 0 radical (unpaired) electrons. The third kappa shape index (κ3) is 2.76. The van der Waals surface area contributed by atoms with E-state index < -0.39 is 0 Å². The molecule has 1 atom stereocenters. The van der Waals surface area contributed by atoms with E-state index >= 15 is 0 Å². The van der Waals surface area contributed by atoms with Crippen LogP contribution in [0.25, 0.3) is 0 Å². The fraction of sp³-hybridized carbons (Fsp3) is 0.278. The molecule has 0 amide bonds. The van der Waals surface area contributed by atoms with E-state index in [-0.39, 0.29) is 6.10 Å². The van der Waals surface area contributed by atoms with Gasteiger partial charge in [0.25, 0.3) is 0 Å². The summed E-state index contributed by atoms with van der Waals surface area (Å²) in [4.78, 5) is 0. The lowest BCUT2D eigenvalue weighted by Crippen LogP contribution is -1.99. The number of ether oxygens (including phenoxy) is 1. The smallest absolute Gasteiger partial charge is 0.120 e. The van der Waals surface area contributed by atoms with Gasteiger partial charge in [0.1, 0.15) is 12.4 Å². The molecule has 2 aromatic rings. The maximum atomic E-state index is 9.80. The van der Waals surface area contributed by atoms with Crippen molar-refractivity contribution in [2.75, 3.05) is 0 Å². The maximum Gasteiger partial charge on any atom is 0.120 e. The van der Waals surface area contributed by atoms with Crippen molar-refractivity contribution in [3.05, 3.63) is 64.2 Å². The normalized spacial score (nSPS) is 16.3. The van der Waals surface area contributed by atoms with Crippen molar-refractivity contribution in [2.24, 2.45) is 0 Å². The van der Waals surface area contributed by atoms with Crippen LogP contribution in [0.1, 0.15) is 40.3 Å². The molecule has 3 rings (SSSR count). The minimum Gasteiger partial charge on any atom is -0.489 e. The first-order valence-corrected chi connectivity index (χ1v) is 7.10. The van der Waals surface area contributed by atoms with Crippen LogP contribution < -0.4 is 4.74 Å². The third-order valence-corrected chi connectivity index (χ3v) is 4.03. The highest BCUT2D eigenvalue weighted by molar-refractivity contribution is 5.41. The molecule has 1 N–H and O–H groups in total. The number of aliphatic hydroxyl groups is 1. The molecule has 2 aromatic carbocycles. The predicted molar refractivity (Wildman–Crippen MR) is 79.9 cm³/mol. The van der Waals surface area contributed by atoms with Crippen LogP contribution in [-0.2, 0) is 13.0 Å². The van der Waals surface area contributed by atoms with Crippen LogP contribution in [0.4, 0.5) is 0 Å². The van der Waals surface area contributed by atoms with Crippen molar-refractivity contribution in [3.8, 4) is 11.8 Å². The quantitative estimate of drug-likeness (QED) is 0.936. The Bertz CT molecular complexity index is 716. The molecular formula is C18H17NO2. The lowest BCUT2D eigenvalue weighted by molar-refractivity contribution is 0.180. The summed E-state index contributed by atoms with van der Waals surface area (Å²) < 4.78 is 5.84. The Labute approximate surface area is 124 Å². The van der Waals surface area contributed by atoms with E-state index in [0.29, 0.717) is 12.2 Å². The Balaban J connectivity index is 1.72. The first kappa shape index (κ1) is 13.7. The second kappa shape index (κ2) is 5.59. The van der Waals surface area contributed by atoms with Crippen molar-refractivity contribution in [1.29, 1.82) is 5.26 Å². The van der Waals surface area contributed by atoms with Crippen LogP contribution in [0.3, 0.4) is 0 Å². The van der Waals surface area contributed by atoms with E-state index in [1.54, 1.807) is 0 Å². The van der Waals surface area contributed by atoms with Gasteiger partial charge in [0, 0.05) is 0 Å². The van der Waals surface area contributed by atoms with Crippen LogP contribution in [-0.4, -0.2) is 5.11 Å². The number of nitriles is 1. The first-order valence-electron chi connectivity index (χ1n) is 7.10. The number of benzene rings is 2. The highest BCUT2D eigenvalue weighted by Gasteiger charge is 2.20. The van der Waals surface area contributed by atoms with Crippen molar-refractivity contribution >= 4 is 0 Å². The zero-order valence-electron chi connectivity index (χ0n) is 12.0. The SMILES string of the molecule is Cc1cc(C#N)ccc1COc1ccc2c(c1)CC[C@H]2O. The summed E-state index contributed by atoms with van der Waals surface area (Å²) in [5.41, 5.74) is 5.01. The monoisotopic (exact) mass is 279 g/mol. The second-order valence-corrected chi connectivity index (χ2v) is 5.46. The van der Waals surface area contributed by atoms with Crippen LogP contribution in [0, 0.1) is 18.3 Å². The molecule has 0 aliphatic heterocycles. The fourth-order valence-corrected chi connectivity index (χ4v) is 2.75. The lowest BCUT2D eigenvalue weighted by atomic mass is 10.1. The molecule has 0 bridgehead atoms. The molecule has 21 heavy (non-hydrogen) atoms. The number of aliphatic hydroxyl groups excluding tert-OH is 1. The Hall–Kier alpha value is -2.31. The summed E-state index contributed by atoms with van der Waals surface area (Å²) in [6, 6.07) is 13.6. The van der Waals surface area contributed by atoms with Crippen LogP contribution in [0.15, 0.2) is 36.4 Å². The largest absolute Gasteiger partial charge is 0.489 e. The summed E-state index contributed by atoms with van der Waals surface area (Å²) in [6.07, 6.45) is 1.38. The van der Waals surface area contributed by atoms with Crippen molar-refractivity contribution in [1.82, 2.24) is 0 Å². The fourth-order valence-electron chi connectivity index (χ4n) is 2.75. The Morgan fingerprint density at radius 3 is 2.90 bits per heavy atom. The molecule has 0 saturated carbocycles. The van der Waals surface area contributed by atoms with Gasteiger partial charge in [-0.15, -0.1) is 0 Å². The van der Waals surface area contributed by atoms with Crippen molar-refractivity contribution < 1.29 is 9.84 Å². The van der Waals surface area contributed by atoms with E-state index in [2.05, 4.69) is 6.07 Å². The molecule has 0 unspecified atom stereocenters.